The van der Waals surface area contributed by atoms with Gasteiger partial charge in [-0.2, -0.15) is 13.2 Å². The van der Waals surface area contributed by atoms with E-state index in [9.17, 15) is 18.0 Å². The summed E-state index contributed by atoms with van der Waals surface area (Å²) in [4.78, 5) is 29.3. The average molecular weight is 443 g/mol. The van der Waals surface area contributed by atoms with Crippen molar-refractivity contribution in [1.82, 2.24) is 19.9 Å². The van der Waals surface area contributed by atoms with Crippen molar-refractivity contribution < 1.29 is 22.7 Å². The lowest BCUT2D eigenvalue weighted by Crippen LogP contribution is -2.37. The molecule has 0 bridgehead atoms. The number of nitrogens with zero attached hydrogens (tertiary/aromatic N) is 5. The van der Waals surface area contributed by atoms with E-state index in [2.05, 4.69) is 19.9 Å². The van der Waals surface area contributed by atoms with Crippen LogP contribution in [0.5, 0.6) is 0 Å². The number of likely N-dealkylation sites (tertiary alicyclic amines) is 1. The van der Waals surface area contributed by atoms with Gasteiger partial charge in [-0.3, -0.25) is 0 Å². The third kappa shape index (κ3) is 4.45. The molecular formula is C19H24F3N5O2S. The average Bonchev–Trinajstić information content (AvgIpc) is 3.30. The van der Waals surface area contributed by atoms with Gasteiger partial charge < -0.3 is 14.5 Å². The van der Waals surface area contributed by atoms with Gasteiger partial charge in [-0.05, 0) is 33.6 Å². The summed E-state index contributed by atoms with van der Waals surface area (Å²) in [6.07, 6.45) is -2.58. The summed E-state index contributed by atoms with van der Waals surface area (Å²) < 4.78 is 43.8. The van der Waals surface area contributed by atoms with Crippen molar-refractivity contribution in [1.29, 1.82) is 0 Å². The SMILES string of the molecule is CC(C)(C)OC(=O)N1CCC2(CCN(c3ncnc4sc(CC(F)(F)F)nc34)C2)C1. The summed E-state index contributed by atoms with van der Waals surface area (Å²) in [7, 11) is 0. The first-order valence-corrected chi connectivity index (χ1v) is 10.6. The van der Waals surface area contributed by atoms with Crippen molar-refractivity contribution in [3.05, 3.63) is 11.3 Å². The first-order valence-electron chi connectivity index (χ1n) is 9.83. The van der Waals surface area contributed by atoms with Crippen molar-refractivity contribution >= 4 is 33.6 Å². The summed E-state index contributed by atoms with van der Waals surface area (Å²) in [5.41, 5.74) is -0.195. The van der Waals surface area contributed by atoms with Crippen molar-refractivity contribution in [3.8, 4) is 0 Å². The summed E-state index contributed by atoms with van der Waals surface area (Å²) in [5.74, 6) is 0.567. The van der Waals surface area contributed by atoms with Gasteiger partial charge in [-0.25, -0.2) is 19.7 Å². The molecule has 1 unspecified atom stereocenters. The molecule has 1 spiro atoms. The Morgan fingerprint density at radius 3 is 2.63 bits per heavy atom. The van der Waals surface area contributed by atoms with Crippen molar-refractivity contribution in [3.63, 3.8) is 0 Å². The molecule has 0 saturated carbocycles. The minimum Gasteiger partial charge on any atom is -0.444 e. The van der Waals surface area contributed by atoms with Crippen LogP contribution >= 0.6 is 11.3 Å². The number of ether oxygens (including phenoxy) is 1. The van der Waals surface area contributed by atoms with Crippen LogP contribution in [0.4, 0.5) is 23.8 Å². The first-order chi connectivity index (χ1) is 13.9. The molecule has 2 aromatic heterocycles. The Morgan fingerprint density at radius 2 is 1.93 bits per heavy atom. The summed E-state index contributed by atoms with van der Waals surface area (Å²) in [6, 6.07) is 0. The van der Waals surface area contributed by atoms with Crippen LogP contribution in [0.3, 0.4) is 0 Å². The zero-order valence-corrected chi connectivity index (χ0v) is 17.9. The third-order valence-corrected chi connectivity index (χ3v) is 6.36. The van der Waals surface area contributed by atoms with Crippen molar-refractivity contribution in [2.45, 2.75) is 51.8 Å². The van der Waals surface area contributed by atoms with E-state index < -0.39 is 18.2 Å². The highest BCUT2D eigenvalue weighted by atomic mass is 32.1. The van der Waals surface area contributed by atoms with Crippen molar-refractivity contribution in [2.75, 3.05) is 31.1 Å². The number of hydrogen-bond acceptors (Lipinski definition) is 7. The van der Waals surface area contributed by atoms with Gasteiger partial charge in [0.25, 0.3) is 0 Å². The molecule has 1 atom stereocenters. The van der Waals surface area contributed by atoms with E-state index in [1.165, 1.54) is 6.33 Å². The molecule has 1 amide bonds. The fourth-order valence-electron chi connectivity index (χ4n) is 4.13. The molecule has 0 N–H and O–H groups in total. The van der Waals surface area contributed by atoms with Gasteiger partial charge in [-0.1, -0.05) is 11.3 Å². The molecule has 2 fully saturated rings. The second-order valence-corrected chi connectivity index (χ2v) is 10.1. The molecule has 4 rings (SSSR count). The van der Waals surface area contributed by atoms with E-state index in [0.717, 1.165) is 24.2 Å². The number of alkyl halides is 3. The summed E-state index contributed by atoms with van der Waals surface area (Å²) >= 11 is 0.952. The lowest BCUT2D eigenvalue weighted by molar-refractivity contribution is -0.127. The molecular weight excluding hydrogens is 419 g/mol. The smallest absolute Gasteiger partial charge is 0.410 e. The molecule has 2 aliphatic rings. The molecule has 0 radical (unpaired) electrons. The first kappa shape index (κ1) is 21.1. The topological polar surface area (TPSA) is 71.5 Å². The number of thiazole rings is 1. The molecule has 30 heavy (non-hydrogen) atoms. The number of anilines is 1. The van der Waals surface area contributed by atoms with Crippen LogP contribution in [0.15, 0.2) is 6.33 Å². The maximum absolute atomic E-state index is 12.8. The highest BCUT2D eigenvalue weighted by Gasteiger charge is 2.46. The Morgan fingerprint density at radius 1 is 1.20 bits per heavy atom. The van der Waals surface area contributed by atoms with Crippen LogP contribution in [0.1, 0.15) is 38.6 Å². The van der Waals surface area contributed by atoms with Crippen molar-refractivity contribution in [2.24, 2.45) is 5.41 Å². The van der Waals surface area contributed by atoms with E-state index in [0.29, 0.717) is 42.3 Å². The van der Waals surface area contributed by atoms with Gasteiger partial charge in [0.05, 0.1) is 6.42 Å². The van der Waals surface area contributed by atoms with Gasteiger partial charge in [0.2, 0.25) is 0 Å². The Labute approximate surface area is 176 Å². The van der Waals surface area contributed by atoms with Gasteiger partial charge in [0.15, 0.2) is 5.82 Å². The summed E-state index contributed by atoms with van der Waals surface area (Å²) in [5, 5.41) is -0.00914. The van der Waals surface area contributed by atoms with E-state index in [1.807, 2.05) is 20.8 Å². The monoisotopic (exact) mass is 443 g/mol. The zero-order valence-electron chi connectivity index (χ0n) is 17.1. The second kappa shape index (κ2) is 7.21. The Hall–Kier alpha value is -2.17. The number of amides is 1. The molecule has 0 aromatic carbocycles. The largest absolute Gasteiger partial charge is 0.444 e. The molecule has 2 saturated heterocycles. The molecule has 2 aliphatic heterocycles. The van der Waals surface area contributed by atoms with Gasteiger partial charge in [0, 0.05) is 31.6 Å². The molecule has 164 valence electrons. The van der Waals surface area contributed by atoms with Crippen LogP contribution in [0, 0.1) is 5.41 Å². The standard InChI is InChI=1S/C19H24F3N5O2S/c1-17(2,3)29-16(28)27-7-5-18(10-27)4-6-26(9-18)14-13-15(24-11-23-14)30-12(25-13)8-19(20,21)22/h11H,4-10H2,1-3H3. The van der Waals surface area contributed by atoms with Crippen LogP contribution in [0.2, 0.25) is 0 Å². The minimum absolute atomic E-state index is 0.00914. The Bertz CT molecular complexity index is 958. The predicted molar refractivity (Wildman–Crippen MR) is 107 cm³/mol. The molecule has 0 aliphatic carbocycles. The fraction of sp³-hybridized carbons (Fsp3) is 0.684. The highest BCUT2D eigenvalue weighted by molar-refractivity contribution is 7.18. The van der Waals surface area contributed by atoms with Gasteiger partial charge >= 0.3 is 12.3 Å². The number of carbonyl (C=O) groups excluding carboxylic acids is 1. The number of rotatable bonds is 2. The van der Waals surface area contributed by atoms with Crippen LogP contribution < -0.4 is 4.90 Å². The normalized spacial score (nSPS) is 22.5. The molecule has 2 aromatic rings. The third-order valence-electron chi connectivity index (χ3n) is 5.40. The van der Waals surface area contributed by atoms with E-state index >= 15 is 0 Å². The number of aromatic nitrogens is 3. The predicted octanol–water partition coefficient (Wildman–Crippen LogP) is 4.03. The number of hydrogen-bond donors (Lipinski definition) is 0. The summed E-state index contributed by atoms with van der Waals surface area (Å²) in [6.45, 7) is 8.14. The van der Waals surface area contributed by atoms with Crippen LogP contribution in [0.25, 0.3) is 10.3 Å². The highest BCUT2D eigenvalue weighted by Crippen LogP contribution is 2.42. The van der Waals surface area contributed by atoms with Gasteiger partial charge in [-0.15, -0.1) is 0 Å². The number of halogens is 3. The zero-order chi connectivity index (χ0) is 21.7. The quantitative estimate of drug-likeness (QED) is 0.698. The Kier molecular flexibility index (Phi) is 5.06. The fourth-order valence-corrected chi connectivity index (χ4v) is 5.06. The van der Waals surface area contributed by atoms with Crippen LogP contribution in [-0.4, -0.2) is 63.9 Å². The molecule has 4 heterocycles. The lowest BCUT2D eigenvalue weighted by Gasteiger charge is -2.27. The van der Waals surface area contributed by atoms with E-state index in [-0.39, 0.29) is 16.5 Å². The van der Waals surface area contributed by atoms with E-state index in [4.69, 9.17) is 4.74 Å². The van der Waals surface area contributed by atoms with E-state index in [1.54, 1.807) is 4.90 Å². The maximum atomic E-state index is 12.8. The number of fused-ring (bicyclic) bond motifs is 1. The number of carbonyl (C=O) groups is 1. The minimum atomic E-state index is -4.31. The maximum Gasteiger partial charge on any atom is 0.410 e. The Balaban J connectivity index is 1.50. The van der Waals surface area contributed by atoms with Crippen LogP contribution in [-0.2, 0) is 11.2 Å². The molecule has 11 heteroatoms. The second-order valence-electron chi connectivity index (χ2n) is 9.07. The lowest BCUT2D eigenvalue weighted by atomic mass is 9.86. The molecule has 7 nitrogen and oxygen atoms in total. The van der Waals surface area contributed by atoms with Gasteiger partial charge in [0.1, 0.15) is 27.3 Å².